The fourth-order valence-electron chi connectivity index (χ4n) is 6.91. The highest BCUT2D eigenvalue weighted by Gasteiger charge is 2.51. The van der Waals surface area contributed by atoms with E-state index >= 15 is 0 Å². The van der Waals surface area contributed by atoms with E-state index in [1.165, 1.54) is 31.2 Å². The lowest BCUT2D eigenvalue weighted by molar-refractivity contribution is -0.107. The van der Waals surface area contributed by atoms with Crippen LogP contribution in [0.3, 0.4) is 0 Å². The molecule has 1 aliphatic heterocycles. The Bertz CT molecular complexity index is 533. The molecule has 6 rings (SSSR count). The van der Waals surface area contributed by atoms with E-state index in [9.17, 15) is 0 Å². The van der Waals surface area contributed by atoms with Gasteiger partial charge < -0.3 is 4.74 Å². The first-order valence-corrected chi connectivity index (χ1v) is 10.1. The molecule has 0 amide bonds. The number of hydrogen-bond donors (Lipinski definition) is 0. The molecule has 130 valence electrons. The standard InChI is InChI=1S/C22H31NO/c1-2-4-17(5-3-1)15-23-6-7-24-21(16-23)14-22-11-18-8-19(12-22)10-20(9-18)13-22/h1-5,18-21H,6-16H2. The van der Waals surface area contributed by atoms with E-state index in [0.29, 0.717) is 11.5 Å². The zero-order valence-electron chi connectivity index (χ0n) is 14.8. The van der Waals surface area contributed by atoms with E-state index in [1.54, 1.807) is 19.3 Å². The van der Waals surface area contributed by atoms with Crippen LogP contribution in [0.25, 0.3) is 0 Å². The molecule has 1 unspecified atom stereocenters. The number of ether oxygens (including phenoxy) is 1. The molecule has 24 heavy (non-hydrogen) atoms. The maximum Gasteiger partial charge on any atom is 0.0708 e. The highest BCUT2D eigenvalue weighted by atomic mass is 16.5. The van der Waals surface area contributed by atoms with Crippen molar-refractivity contribution in [3.05, 3.63) is 35.9 Å². The van der Waals surface area contributed by atoms with Crippen LogP contribution in [0.15, 0.2) is 30.3 Å². The van der Waals surface area contributed by atoms with Crippen LogP contribution < -0.4 is 0 Å². The molecule has 4 saturated carbocycles. The van der Waals surface area contributed by atoms with Gasteiger partial charge in [0, 0.05) is 19.6 Å². The summed E-state index contributed by atoms with van der Waals surface area (Å²) in [5.41, 5.74) is 2.09. The summed E-state index contributed by atoms with van der Waals surface area (Å²) in [5, 5.41) is 0. The maximum atomic E-state index is 6.24. The number of morpholine rings is 1. The van der Waals surface area contributed by atoms with E-state index in [1.807, 2.05) is 0 Å². The predicted molar refractivity (Wildman–Crippen MR) is 96.7 cm³/mol. The van der Waals surface area contributed by atoms with E-state index in [-0.39, 0.29) is 0 Å². The van der Waals surface area contributed by atoms with Crippen LogP contribution in [0.1, 0.15) is 50.5 Å². The highest BCUT2D eigenvalue weighted by Crippen LogP contribution is 2.61. The number of benzene rings is 1. The van der Waals surface area contributed by atoms with Crippen LogP contribution in [0.5, 0.6) is 0 Å². The van der Waals surface area contributed by atoms with Gasteiger partial charge in [0.2, 0.25) is 0 Å². The Morgan fingerprint density at radius 1 is 0.958 bits per heavy atom. The van der Waals surface area contributed by atoms with Crippen LogP contribution in [0, 0.1) is 23.2 Å². The first kappa shape index (κ1) is 15.4. The van der Waals surface area contributed by atoms with Crippen molar-refractivity contribution in [3.8, 4) is 0 Å². The second kappa shape index (κ2) is 6.14. The van der Waals surface area contributed by atoms with Crippen molar-refractivity contribution in [2.75, 3.05) is 19.7 Å². The van der Waals surface area contributed by atoms with Gasteiger partial charge in [-0.2, -0.15) is 0 Å². The summed E-state index contributed by atoms with van der Waals surface area (Å²) in [5.74, 6) is 3.17. The average Bonchev–Trinajstić information content (AvgIpc) is 2.54. The number of rotatable bonds is 4. The molecule has 4 bridgehead atoms. The summed E-state index contributed by atoms with van der Waals surface area (Å²) in [7, 11) is 0. The third-order valence-corrected chi connectivity index (χ3v) is 7.30. The summed E-state index contributed by atoms with van der Waals surface area (Å²) in [6.07, 6.45) is 11.0. The van der Waals surface area contributed by atoms with E-state index in [0.717, 1.165) is 44.0 Å². The van der Waals surface area contributed by atoms with Gasteiger partial charge in [0.1, 0.15) is 0 Å². The Morgan fingerprint density at radius 2 is 1.62 bits per heavy atom. The zero-order valence-corrected chi connectivity index (χ0v) is 14.8. The van der Waals surface area contributed by atoms with Crippen LogP contribution in [0.4, 0.5) is 0 Å². The first-order chi connectivity index (χ1) is 11.8. The van der Waals surface area contributed by atoms with E-state index < -0.39 is 0 Å². The molecule has 0 aromatic heterocycles. The van der Waals surface area contributed by atoms with Gasteiger partial charge in [0.15, 0.2) is 0 Å². The fourth-order valence-corrected chi connectivity index (χ4v) is 6.91. The molecule has 1 heterocycles. The minimum absolute atomic E-state index is 0.471. The van der Waals surface area contributed by atoms with E-state index in [2.05, 4.69) is 35.2 Å². The molecule has 0 spiro atoms. The van der Waals surface area contributed by atoms with Gasteiger partial charge in [-0.15, -0.1) is 0 Å². The van der Waals surface area contributed by atoms with Gasteiger partial charge in [0.25, 0.3) is 0 Å². The largest absolute Gasteiger partial charge is 0.376 e. The summed E-state index contributed by atoms with van der Waals surface area (Å²) in [4.78, 5) is 2.62. The molecular weight excluding hydrogens is 294 g/mol. The van der Waals surface area contributed by atoms with Crippen molar-refractivity contribution < 1.29 is 4.74 Å². The van der Waals surface area contributed by atoms with Gasteiger partial charge >= 0.3 is 0 Å². The van der Waals surface area contributed by atoms with Gasteiger partial charge in [-0.1, -0.05) is 30.3 Å². The minimum atomic E-state index is 0.471. The first-order valence-electron chi connectivity index (χ1n) is 10.1. The molecule has 1 aromatic carbocycles. The van der Waals surface area contributed by atoms with Crippen molar-refractivity contribution in [1.82, 2.24) is 4.90 Å². The van der Waals surface area contributed by atoms with E-state index in [4.69, 9.17) is 4.74 Å². The lowest BCUT2D eigenvalue weighted by Gasteiger charge is -2.58. The fraction of sp³-hybridized carbons (Fsp3) is 0.727. The molecule has 0 radical (unpaired) electrons. The Balaban J connectivity index is 1.23. The molecule has 1 aromatic rings. The van der Waals surface area contributed by atoms with Gasteiger partial charge in [-0.3, -0.25) is 4.90 Å². The van der Waals surface area contributed by atoms with Gasteiger partial charge in [-0.05, 0) is 73.7 Å². The Hall–Kier alpha value is -0.860. The molecule has 1 atom stereocenters. The summed E-state index contributed by atoms with van der Waals surface area (Å²) in [6.45, 7) is 4.23. The lowest BCUT2D eigenvalue weighted by atomic mass is 9.48. The monoisotopic (exact) mass is 325 g/mol. The quantitative estimate of drug-likeness (QED) is 0.808. The van der Waals surface area contributed by atoms with Crippen molar-refractivity contribution in [2.24, 2.45) is 23.2 Å². The SMILES string of the molecule is c1ccc(CN2CCOC(CC34CC5CC(CC(C5)C3)C4)C2)cc1. The number of nitrogens with zero attached hydrogens (tertiary/aromatic N) is 1. The summed E-state index contributed by atoms with van der Waals surface area (Å²) >= 11 is 0. The van der Waals surface area contributed by atoms with Crippen molar-refractivity contribution in [2.45, 2.75) is 57.6 Å². The highest BCUT2D eigenvalue weighted by molar-refractivity contribution is 5.14. The van der Waals surface area contributed by atoms with Crippen molar-refractivity contribution in [3.63, 3.8) is 0 Å². The van der Waals surface area contributed by atoms with Crippen LogP contribution in [-0.2, 0) is 11.3 Å². The smallest absolute Gasteiger partial charge is 0.0708 e. The zero-order chi connectivity index (χ0) is 16.0. The van der Waals surface area contributed by atoms with Crippen LogP contribution in [-0.4, -0.2) is 30.7 Å². The molecule has 5 aliphatic rings. The minimum Gasteiger partial charge on any atom is -0.376 e. The Kier molecular flexibility index (Phi) is 3.94. The molecule has 4 aliphatic carbocycles. The molecule has 5 fully saturated rings. The molecule has 0 N–H and O–H groups in total. The second-order valence-corrected chi connectivity index (χ2v) is 9.34. The second-order valence-electron chi connectivity index (χ2n) is 9.34. The lowest BCUT2D eigenvalue weighted by Crippen LogP contribution is -2.50. The molecular formula is C22H31NO. The average molecular weight is 325 g/mol. The van der Waals surface area contributed by atoms with Crippen LogP contribution >= 0.6 is 0 Å². The van der Waals surface area contributed by atoms with Crippen molar-refractivity contribution >= 4 is 0 Å². The third-order valence-electron chi connectivity index (χ3n) is 7.30. The van der Waals surface area contributed by atoms with Gasteiger partial charge in [0.05, 0.1) is 12.7 Å². The normalized spacial score (nSPS) is 41.7. The summed E-state index contributed by atoms with van der Waals surface area (Å²) < 4.78 is 6.24. The third kappa shape index (κ3) is 3.04. The molecule has 2 heteroatoms. The van der Waals surface area contributed by atoms with Gasteiger partial charge in [-0.25, -0.2) is 0 Å². The topological polar surface area (TPSA) is 12.5 Å². The molecule has 2 nitrogen and oxygen atoms in total. The number of hydrogen-bond acceptors (Lipinski definition) is 2. The predicted octanol–water partition coefficient (Wildman–Crippen LogP) is 4.49. The Morgan fingerprint density at radius 3 is 2.29 bits per heavy atom. The maximum absolute atomic E-state index is 6.24. The molecule has 1 saturated heterocycles. The van der Waals surface area contributed by atoms with Crippen LogP contribution in [0.2, 0.25) is 0 Å². The summed E-state index contributed by atoms with van der Waals surface area (Å²) in [6, 6.07) is 10.9. The Labute approximate surface area is 146 Å². The van der Waals surface area contributed by atoms with Crippen molar-refractivity contribution in [1.29, 1.82) is 0 Å².